The van der Waals surface area contributed by atoms with Gasteiger partial charge in [0.05, 0.1) is 22.2 Å². The van der Waals surface area contributed by atoms with Crippen LogP contribution in [0.3, 0.4) is 0 Å². The monoisotopic (exact) mass is 348 g/mol. The summed E-state index contributed by atoms with van der Waals surface area (Å²) in [5, 5.41) is 9.28. The van der Waals surface area contributed by atoms with E-state index in [2.05, 4.69) is 15.9 Å². The summed E-state index contributed by atoms with van der Waals surface area (Å²) in [6.45, 7) is 0. The number of nitrogens with zero attached hydrogens (tertiary/aromatic N) is 2. The summed E-state index contributed by atoms with van der Waals surface area (Å²) in [7, 11) is 1.65. The number of hydrogen-bond acceptors (Lipinski definition) is 2. The summed E-state index contributed by atoms with van der Waals surface area (Å²) in [5.74, 6) is -0.224. The lowest BCUT2D eigenvalue weighted by atomic mass is 10.1. The van der Waals surface area contributed by atoms with Crippen molar-refractivity contribution in [2.45, 2.75) is 0 Å². The molecule has 100 valence electrons. The Hall–Kier alpha value is -1.83. The summed E-state index contributed by atoms with van der Waals surface area (Å²) >= 11 is 9.39. The van der Waals surface area contributed by atoms with Crippen LogP contribution in [-0.4, -0.2) is 13.0 Å². The zero-order valence-electron chi connectivity index (χ0n) is 10.6. The van der Waals surface area contributed by atoms with Crippen LogP contribution >= 0.6 is 27.5 Å². The van der Waals surface area contributed by atoms with Crippen molar-refractivity contribution in [1.82, 2.24) is 0 Å². The number of hydrogen-bond donors (Lipinski definition) is 0. The van der Waals surface area contributed by atoms with Gasteiger partial charge in [-0.2, -0.15) is 5.26 Å². The molecule has 0 aliphatic rings. The quantitative estimate of drug-likeness (QED) is 0.813. The van der Waals surface area contributed by atoms with E-state index in [0.29, 0.717) is 21.8 Å². The van der Waals surface area contributed by atoms with E-state index in [-0.39, 0.29) is 5.91 Å². The van der Waals surface area contributed by atoms with Gasteiger partial charge in [-0.15, -0.1) is 0 Å². The molecule has 0 spiro atoms. The first-order valence-electron chi connectivity index (χ1n) is 5.76. The van der Waals surface area contributed by atoms with Crippen LogP contribution in [0.2, 0.25) is 5.02 Å². The normalized spacial score (nSPS) is 9.90. The first kappa shape index (κ1) is 14.6. The molecule has 0 heterocycles. The second-order valence-corrected chi connectivity index (χ2v) is 5.47. The lowest BCUT2D eigenvalue weighted by molar-refractivity contribution is 0.0993. The molecule has 0 fully saturated rings. The van der Waals surface area contributed by atoms with E-state index in [1.54, 1.807) is 49.5 Å². The zero-order chi connectivity index (χ0) is 14.7. The average Bonchev–Trinajstić information content (AvgIpc) is 2.46. The van der Waals surface area contributed by atoms with Crippen molar-refractivity contribution in [3.05, 3.63) is 63.1 Å². The summed E-state index contributed by atoms with van der Waals surface area (Å²) in [6.07, 6.45) is 0. The zero-order valence-corrected chi connectivity index (χ0v) is 12.9. The van der Waals surface area contributed by atoms with Crippen molar-refractivity contribution in [3.63, 3.8) is 0 Å². The van der Waals surface area contributed by atoms with Gasteiger partial charge >= 0.3 is 0 Å². The van der Waals surface area contributed by atoms with Gasteiger partial charge in [0.1, 0.15) is 0 Å². The van der Waals surface area contributed by atoms with E-state index in [0.717, 1.165) is 4.47 Å². The molecule has 0 radical (unpaired) electrons. The molecule has 0 unspecified atom stereocenters. The molecule has 1 amide bonds. The van der Waals surface area contributed by atoms with Crippen LogP contribution in [0, 0.1) is 11.3 Å². The summed E-state index contributed by atoms with van der Waals surface area (Å²) in [4.78, 5) is 13.9. The smallest absolute Gasteiger partial charge is 0.259 e. The molecule has 0 atom stereocenters. The number of rotatable bonds is 2. The van der Waals surface area contributed by atoms with Gasteiger partial charge in [-0.25, -0.2) is 0 Å². The summed E-state index contributed by atoms with van der Waals surface area (Å²) in [5.41, 5.74) is 1.57. The minimum Gasteiger partial charge on any atom is -0.311 e. The Labute approximate surface area is 130 Å². The second kappa shape index (κ2) is 6.08. The minimum atomic E-state index is -0.224. The molecule has 2 rings (SSSR count). The first-order valence-corrected chi connectivity index (χ1v) is 6.93. The molecule has 0 saturated carbocycles. The van der Waals surface area contributed by atoms with Crippen molar-refractivity contribution in [2.24, 2.45) is 0 Å². The van der Waals surface area contributed by atoms with E-state index in [1.165, 1.54) is 4.90 Å². The largest absolute Gasteiger partial charge is 0.311 e. The highest BCUT2D eigenvalue weighted by Crippen LogP contribution is 2.24. The molecular formula is C15H10BrClN2O. The third-order valence-corrected chi connectivity index (χ3v) is 3.63. The fourth-order valence-electron chi connectivity index (χ4n) is 1.74. The van der Waals surface area contributed by atoms with Crippen LogP contribution in [0.4, 0.5) is 5.69 Å². The molecule has 2 aromatic rings. The highest BCUT2D eigenvalue weighted by Gasteiger charge is 2.16. The van der Waals surface area contributed by atoms with Gasteiger partial charge < -0.3 is 4.90 Å². The van der Waals surface area contributed by atoms with Crippen molar-refractivity contribution in [1.29, 1.82) is 5.26 Å². The fourth-order valence-corrected chi connectivity index (χ4v) is 2.50. The van der Waals surface area contributed by atoms with Crippen molar-refractivity contribution in [3.8, 4) is 6.07 Å². The molecule has 0 aliphatic carbocycles. The Kier molecular flexibility index (Phi) is 4.43. The van der Waals surface area contributed by atoms with Crippen LogP contribution in [-0.2, 0) is 0 Å². The molecule has 5 heteroatoms. The molecule has 0 bridgehead atoms. The molecule has 3 nitrogen and oxygen atoms in total. The van der Waals surface area contributed by atoms with E-state index in [9.17, 15) is 4.79 Å². The third-order valence-electron chi connectivity index (χ3n) is 2.83. The van der Waals surface area contributed by atoms with Crippen LogP contribution in [0.1, 0.15) is 15.9 Å². The van der Waals surface area contributed by atoms with Crippen molar-refractivity contribution >= 4 is 39.1 Å². The topological polar surface area (TPSA) is 44.1 Å². The Balaban J connectivity index is 2.35. The highest BCUT2D eigenvalue weighted by atomic mass is 79.9. The van der Waals surface area contributed by atoms with Crippen LogP contribution in [0.25, 0.3) is 0 Å². The minimum absolute atomic E-state index is 0.224. The van der Waals surface area contributed by atoms with Crippen LogP contribution < -0.4 is 4.90 Å². The molecule has 20 heavy (non-hydrogen) atoms. The molecule has 0 saturated heterocycles. The van der Waals surface area contributed by atoms with Gasteiger partial charge in [-0.3, -0.25) is 4.79 Å². The maximum atomic E-state index is 12.4. The maximum Gasteiger partial charge on any atom is 0.259 e. The average molecular weight is 350 g/mol. The lowest BCUT2D eigenvalue weighted by Crippen LogP contribution is -2.26. The fraction of sp³-hybridized carbons (Fsp3) is 0.0667. The van der Waals surface area contributed by atoms with E-state index < -0.39 is 0 Å². The number of halogens is 2. The van der Waals surface area contributed by atoms with E-state index in [1.807, 2.05) is 6.07 Å². The van der Waals surface area contributed by atoms with Crippen LogP contribution in [0.15, 0.2) is 46.9 Å². The van der Waals surface area contributed by atoms with Gasteiger partial charge in [0.2, 0.25) is 0 Å². The predicted molar refractivity (Wildman–Crippen MR) is 83.0 cm³/mol. The number of nitriles is 1. The summed E-state index contributed by atoms with van der Waals surface area (Å²) < 4.78 is 0.813. The van der Waals surface area contributed by atoms with Crippen LogP contribution in [0.5, 0.6) is 0 Å². The predicted octanol–water partition coefficient (Wildman–Crippen LogP) is 4.25. The standard InChI is InChI=1S/C15H10BrClN2O/c1-19(12-4-2-3-10(7-12)9-18)15(20)13-6-5-11(16)8-14(13)17/h2-8H,1H3. The second-order valence-electron chi connectivity index (χ2n) is 4.15. The van der Waals surface area contributed by atoms with Gasteiger partial charge in [0, 0.05) is 17.2 Å². The van der Waals surface area contributed by atoms with Gasteiger partial charge in [0.15, 0.2) is 0 Å². The van der Waals surface area contributed by atoms with E-state index in [4.69, 9.17) is 16.9 Å². The molecule has 0 aliphatic heterocycles. The Morgan fingerprint density at radius 1 is 1.30 bits per heavy atom. The van der Waals surface area contributed by atoms with Gasteiger partial charge in [0.25, 0.3) is 5.91 Å². The number of carbonyl (C=O) groups excluding carboxylic acids is 1. The first-order chi connectivity index (χ1) is 9.52. The Bertz CT molecular complexity index is 709. The van der Waals surface area contributed by atoms with Gasteiger partial charge in [-0.05, 0) is 36.4 Å². The molecule has 0 aromatic heterocycles. The van der Waals surface area contributed by atoms with Crippen molar-refractivity contribution in [2.75, 3.05) is 11.9 Å². The van der Waals surface area contributed by atoms with E-state index >= 15 is 0 Å². The third kappa shape index (κ3) is 3.01. The number of carbonyl (C=O) groups is 1. The molecular weight excluding hydrogens is 340 g/mol. The number of anilines is 1. The molecule has 2 aromatic carbocycles. The highest BCUT2D eigenvalue weighted by molar-refractivity contribution is 9.10. The van der Waals surface area contributed by atoms with Gasteiger partial charge in [-0.1, -0.05) is 33.6 Å². The Morgan fingerprint density at radius 2 is 2.05 bits per heavy atom. The SMILES string of the molecule is CN(C(=O)c1ccc(Br)cc1Cl)c1cccc(C#N)c1. The lowest BCUT2D eigenvalue weighted by Gasteiger charge is -2.18. The van der Waals surface area contributed by atoms with Crippen molar-refractivity contribution < 1.29 is 4.79 Å². The number of amides is 1. The molecule has 0 N–H and O–H groups in total. The maximum absolute atomic E-state index is 12.4. The summed E-state index contributed by atoms with van der Waals surface area (Å²) in [6, 6.07) is 14.0. The number of benzene rings is 2. The Morgan fingerprint density at radius 3 is 2.70 bits per heavy atom.